The van der Waals surface area contributed by atoms with Crippen LogP contribution in [0.15, 0.2) is 47.4 Å². The second-order valence-electron chi connectivity index (χ2n) is 6.07. The molecule has 0 aliphatic carbocycles. The van der Waals surface area contributed by atoms with Crippen molar-refractivity contribution in [2.24, 2.45) is 0 Å². The number of hydrogen-bond donors (Lipinski definition) is 1. The molecular weight excluding hydrogens is 304 g/mol. The van der Waals surface area contributed by atoms with Crippen molar-refractivity contribution in [3.63, 3.8) is 0 Å². The average Bonchev–Trinajstić information content (AvgIpc) is 2.51. The molecule has 2 aromatic rings. The topological polar surface area (TPSA) is 32.3 Å². The number of rotatable bonds is 3. The lowest BCUT2D eigenvalue weighted by atomic mass is 10.1. The molecule has 1 N–H and O–H groups in total. The molecule has 0 aromatic heterocycles. The van der Waals surface area contributed by atoms with Crippen molar-refractivity contribution in [2.45, 2.75) is 30.9 Å². The number of carbonyl (C=O) groups excluding carboxylic acids is 1. The van der Waals surface area contributed by atoms with Crippen molar-refractivity contribution in [2.75, 3.05) is 23.3 Å². The van der Waals surface area contributed by atoms with Gasteiger partial charge < -0.3 is 10.2 Å². The lowest BCUT2D eigenvalue weighted by Crippen LogP contribution is -2.39. The molecule has 2 aromatic carbocycles. The molecule has 1 unspecified atom stereocenters. The maximum absolute atomic E-state index is 12.5. The second kappa shape index (κ2) is 6.67. The molecule has 1 atom stereocenters. The molecule has 0 radical (unpaired) electrons. The van der Waals surface area contributed by atoms with Gasteiger partial charge in [0, 0.05) is 22.4 Å². The molecule has 1 aliphatic rings. The Bertz CT molecular complexity index is 729. The van der Waals surface area contributed by atoms with Crippen LogP contribution in [0.1, 0.15) is 18.1 Å². The highest BCUT2D eigenvalue weighted by atomic mass is 32.2. The monoisotopic (exact) mass is 326 g/mol. The molecule has 3 rings (SSSR count). The Balaban J connectivity index is 1.74. The quantitative estimate of drug-likeness (QED) is 0.915. The summed E-state index contributed by atoms with van der Waals surface area (Å²) in [4.78, 5) is 15.9. The van der Waals surface area contributed by atoms with Crippen LogP contribution >= 0.6 is 11.8 Å². The lowest BCUT2D eigenvalue weighted by molar-refractivity contribution is -0.115. The molecule has 0 saturated heterocycles. The van der Waals surface area contributed by atoms with Gasteiger partial charge in [0.05, 0.1) is 12.2 Å². The van der Waals surface area contributed by atoms with E-state index in [-0.39, 0.29) is 5.91 Å². The van der Waals surface area contributed by atoms with Crippen LogP contribution in [0.3, 0.4) is 0 Å². The zero-order valence-electron chi connectivity index (χ0n) is 13.8. The van der Waals surface area contributed by atoms with Gasteiger partial charge in [0.15, 0.2) is 0 Å². The van der Waals surface area contributed by atoms with E-state index in [0.29, 0.717) is 11.8 Å². The van der Waals surface area contributed by atoms with Gasteiger partial charge in [0.2, 0.25) is 5.91 Å². The fraction of sp³-hybridized carbons (Fsp3) is 0.316. The minimum atomic E-state index is 0.0348. The van der Waals surface area contributed by atoms with Crippen LogP contribution in [0.5, 0.6) is 0 Å². The predicted molar refractivity (Wildman–Crippen MR) is 98.5 cm³/mol. The van der Waals surface area contributed by atoms with Crippen LogP contribution in [0.2, 0.25) is 0 Å². The number of thioether (sulfide) groups is 1. The number of anilines is 2. The first-order valence-corrected chi connectivity index (χ1v) is 8.79. The number of benzene rings is 2. The molecule has 0 spiro atoms. The fourth-order valence-electron chi connectivity index (χ4n) is 2.88. The third kappa shape index (κ3) is 3.53. The fourth-order valence-corrected chi connectivity index (χ4v) is 4.04. The minimum absolute atomic E-state index is 0.0348. The molecular formula is C19H22N2OS. The number of fused-ring (bicyclic) bond motifs is 1. The Labute approximate surface area is 142 Å². The number of para-hydroxylation sites is 1. The molecule has 0 bridgehead atoms. The Kier molecular flexibility index (Phi) is 4.62. The first kappa shape index (κ1) is 15.9. The highest BCUT2D eigenvalue weighted by Gasteiger charge is 2.23. The van der Waals surface area contributed by atoms with Gasteiger partial charge in [0.25, 0.3) is 0 Å². The van der Waals surface area contributed by atoms with Crippen molar-refractivity contribution in [1.82, 2.24) is 0 Å². The second-order valence-corrected chi connectivity index (χ2v) is 7.55. The van der Waals surface area contributed by atoms with Gasteiger partial charge in [-0.25, -0.2) is 0 Å². The molecule has 0 fully saturated rings. The smallest absolute Gasteiger partial charge is 0.243 e. The zero-order valence-corrected chi connectivity index (χ0v) is 14.6. The maximum Gasteiger partial charge on any atom is 0.243 e. The summed E-state index contributed by atoms with van der Waals surface area (Å²) in [6.45, 7) is 7.58. The van der Waals surface area contributed by atoms with E-state index in [2.05, 4.69) is 48.3 Å². The van der Waals surface area contributed by atoms with Gasteiger partial charge in [0.1, 0.15) is 0 Å². The number of hydrogen-bond acceptors (Lipinski definition) is 3. The standard InChI is InChI=1S/C19H22N2OS/c1-13-7-6-8-16(15(13)3)20-19(22)12-21-11-14(2)23-18-10-5-4-9-17(18)21/h4-10,14H,11-12H2,1-3H3,(H,20,22). The van der Waals surface area contributed by atoms with Crippen LogP contribution in [0, 0.1) is 13.8 Å². The summed E-state index contributed by atoms with van der Waals surface area (Å²) in [5, 5.41) is 3.54. The van der Waals surface area contributed by atoms with Crippen LogP contribution in [0.25, 0.3) is 0 Å². The van der Waals surface area contributed by atoms with E-state index in [1.165, 1.54) is 10.5 Å². The Morgan fingerprint density at radius 3 is 2.83 bits per heavy atom. The van der Waals surface area contributed by atoms with Gasteiger partial charge in [-0.3, -0.25) is 4.79 Å². The molecule has 1 amide bonds. The number of aryl methyl sites for hydroxylation is 1. The third-order valence-electron chi connectivity index (χ3n) is 4.22. The average molecular weight is 326 g/mol. The number of nitrogens with one attached hydrogen (secondary N) is 1. The van der Waals surface area contributed by atoms with Crippen molar-refractivity contribution >= 4 is 29.0 Å². The highest BCUT2D eigenvalue weighted by molar-refractivity contribution is 8.00. The summed E-state index contributed by atoms with van der Waals surface area (Å²) in [6.07, 6.45) is 0. The first-order valence-electron chi connectivity index (χ1n) is 7.91. The number of amides is 1. The van der Waals surface area contributed by atoms with E-state index < -0.39 is 0 Å². The van der Waals surface area contributed by atoms with E-state index in [4.69, 9.17) is 0 Å². The Hall–Kier alpha value is -1.94. The lowest BCUT2D eigenvalue weighted by Gasteiger charge is -2.33. The van der Waals surface area contributed by atoms with Gasteiger partial charge in [-0.2, -0.15) is 0 Å². The molecule has 1 aliphatic heterocycles. The first-order chi connectivity index (χ1) is 11.0. The maximum atomic E-state index is 12.5. The summed E-state index contributed by atoms with van der Waals surface area (Å²) in [5.74, 6) is 0.0348. The normalized spacial score (nSPS) is 16.8. The third-order valence-corrected chi connectivity index (χ3v) is 5.38. The van der Waals surface area contributed by atoms with Crippen molar-refractivity contribution in [1.29, 1.82) is 0 Å². The SMILES string of the molecule is Cc1cccc(NC(=O)CN2CC(C)Sc3ccccc32)c1C. The van der Waals surface area contributed by atoms with E-state index in [9.17, 15) is 4.79 Å². The van der Waals surface area contributed by atoms with Crippen LogP contribution < -0.4 is 10.2 Å². The summed E-state index contributed by atoms with van der Waals surface area (Å²) >= 11 is 1.88. The molecule has 1 heterocycles. The summed E-state index contributed by atoms with van der Waals surface area (Å²) in [6, 6.07) is 14.3. The molecule has 3 nitrogen and oxygen atoms in total. The summed E-state index contributed by atoms with van der Waals surface area (Å²) < 4.78 is 0. The number of nitrogens with zero attached hydrogens (tertiary/aromatic N) is 1. The van der Waals surface area contributed by atoms with Crippen LogP contribution in [0.4, 0.5) is 11.4 Å². The van der Waals surface area contributed by atoms with E-state index >= 15 is 0 Å². The molecule has 0 saturated carbocycles. The van der Waals surface area contributed by atoms with Gasteiger partial charge >= 0.3 is 0 Å². The Morgan fingerprint density at radius 2 is 2.00 bits per heavy atom. The van der Waals surface area contributed by atoms with Crippen LogP contribution in [-0.4, -0.2) is 24.2 Å². The molecule has 120 valence electrons. The van der Waals surface area contributed by atoms with Crippen LogP contribution in [-0.2, 0) is 4.79 Å². The largest absolute Gasteiger partial charge is 0.360 e. The number of carbonyl (C=O) groups is 1. The highest BCUT2D eigenvalue weighted by Crippen LogP contribution is 2.37. The van der Waals surface area contributed by atoms with Gasteiger partial charge in [-0.1, -0.05) is 31.2 Å². The van der Waals surface area contributed by atoms with Crippen molar-refractivity contribution < 1.29 is 4.79 Å². The van der Waals surface area contributed by atoms with Crippen molar-refractivity contribution in [3.05, 3.63) is 53.6 Å². The minimum Gasteiger partial charge on any atom is -0.360 e. The van der Waals surface area contributed by atoms with E-state index in [1.807, 2.05) is 36.9 Å². The van der Waals surface area contributed by atoms with Gasteiger partial charge in [-0.15, -0.1) is 11.8 Å². The zero-order chi connectivity index (χ0) is 16.4. The van der Waals surface area contributed by atoms with Crippen molar-refractivity contribution in [3.8, 4) is 0 Å². The Morgan fingerprint density at radius 1 is 1.22 bits per heavy atom. The van der Waals surface area contributed by atoms with E-state index in [0.717, 1.165) is 23.5 Å². The summed E-state index contributed by atoms with van der Waals surface area (Å²) in [5.41, 5.74) is 4.38. The van der Waals surface area contributed by atoms with E-state index in [1.54, 1.807) is 0 Å². The van der Waals surface area contributed by atoms with Gasteiger partial charge in [-0.05, 0) is 43.2 Å². The molecule has 4 heteroatoms. The summed E-state index contributed by atoms with van der Waals surface area (Å²) in [7, 11) is 0. The predicted octanol–water partition coefficient (Wildman–Crippen LogP) is 4.24. The molecule has 23 heavy (non-hydrogen) atoms.